The van der Waals surface area contributed by atoms with Crippen LogP contribution in [0.15, 0.2) is 249 Å². The smallest absolute Gasteiger partial charge is 0.0954 e. The van der Waals surface area contributed by atoms with Gasteiger partial charge in [0.2, 0.25) is 0 Å². The van der Waals surface area contributed by atoms with Crippen LogP contribution in [0.25, 0.3) is 111 Å². The Morgan fingerprint density at radius 1 is 0.452 bits per heavy atom. The molecule has 0 spiro atoms. The summed E-state index contributed by atoms with van der Waals surface area (Å²) in [6.07, 6.45) is 28.7. The van der Waals surface area contributed by atoms with Crippen molar-refractivity contribution in [3.8, 4) is 78.4 Å². The summed E-state index contributed by atoms with van der Waals surface area (Å²) in [5.74, 6) is 0. The largest absolute Gasteiger partial charge is 0.404 e. The fourth-order valence-corrected chi connectivity index (χ4v) is 9.58. The van der Waals surface area contributed by atoms with Gasteiger partial charge in [-0.3, -0.25) is 39.9 Å². The monoisotopic (exact) mass is 939 g/mol. The van der Waals surface area contributed by atoms with Gasteiger partial charge in [-0.05, 0) is 127 Å². The Bertz CT molecular complexity index is 3800. The molecule has 346 valence electrons. The lowest BCUT2D eigenvalue weighted by molar-refractivity contribution is 0.710. The van der Waals surface area contributed by atoms with Gasteiger partial charge < -0.3 is 5.73 Å². The standard InChI is InChI=1S/C64H45N9/c1-2-3-6-44(32-65)50-15-24-62(71-38-50)59-21-12-47(35-68-59)41-9-18-53-56(29-41)54-19-10-42(48-13-22-60(69-36-48)63-25-16-51(39-72-63)45-7-4-27-66-33-45)31-58(54)55-20-11-43(30-57(53)55)49-14-23-61(70-37-49)64-26-17-52(40-73-64)46-8-5-28-67-34-46/h2-23,25-40,62H,1,24,65H2/b6-3-,44-32+. The average Bonchev–Trinajstić information content (AvgIpc) is 3.48. The van der Waals surface area contributed by atoms with E-state index in [-0.39, 0.29) is 6.04 Å². The molecule has 73 heavy (non-hydrogen) atoms. The zero-order valence-corrected chi connectivity index (χ0v) is 39.6. The number of fused-ring (bicyclic) bond motifs is 6. The highest BCUT2D eigenvalue weighted by atomic mass is 14.8. The molecule has 2 N–H and O–H groups in total. The molecular weight excluding hydrogens is 895 g/mol. The summed E-state index contributed by atoms with van der Waals surface area (Å²) in [6, 6.07) is 48.8. The van der Waals surface area contributed by atoms with Crippen LogP contribution in [-0.2, 0) is 0 Å². The van der Waals surface area contributed by atoms with Crippen molar-refractivity contribution in [2.75, 3.05) is 0 Å². The summed E-state index contributed by atoms with van der Waals surface area (Å²) in [7, 11) is 0. The van der Waals surface area contributed by atoms with Gasteiger partial charge >= 0.3 is 0 Å². The molecule has 4 aromatic carbocycles. The van der Waals surface area contributed by atoms with E-state index in [1.54, 1.807) is 24.7 Å². The molecule has 9 nitrogen and oxygen atoms in total. The number of allylic oxidation sites excluding steroid dienone is 5. The van der Waals surface area contributed by atoms with Crippen LogP contribution < -0.4 is 5.73 Å². The lowest BCUT2D eigenvalue weighted by Gasteiger charge is -2.17. The maximum absolute atomic E-state index is 5.92. The number of nitrogens with zero attached hydrogens (tertiary/aromatic N) is 8. The number of aliphatic imine (C=N–C) groups is 1. The second-order valence-electron chi connectivity index (χ2n) is 17.9. The fraction of sp³-hybridized carbons (Fsp3) is 0.0312. The first-order valence-corrected chi connectivity index (χ1v) is 24.1. The van der Waals surface area contributed by atoms with E-state index in [2.05, 4.69) is 114 Å². The Hall–Kier alpha value is -9.86. The minimum absolute atomic E-state index is 0.0736. The molecule has 11 aromatic rings. The van der Waals surface area contributed by atoms with Gasteiger partial charge in [0.25, 0.3) is 0 Å². The molecule has 1 aliphatic rings. The third kappa shape index (κ3) is 8.87. The van der Waals surface area contributed by atoms with Crippen molar-refractivity contribution >= 4 is 38.5 Å². The molecule has 7 aromatic heterocycles. The number of hydrogen-bond acceptors (Lipinski definition) is 9. The highest BCUT2D eigenvalue weighted by molar-refractivity contribution is 6.26. The van der Waals surface area contributed by atoms with E-state index in [4.69, 9.17) is 35.6 Å². The van der Waals surface area contributed by atoms with Gasteiger partial charge in [-0.2, -0.15) is 0 Å². The molecule has 0 fully saturated rings. The zero-order chi connectivity index (χ0) is 49.1. The second kappa shape index (κ2) is 19.5. The predicted octanol–water partition coefficient (Wildman–Crippen LogP) is 14.6. The van der Waals surface area contributed by atoms with Crippen molar-refractivity contribution < 1.29 is 0 Å². The van der Waals surface area contributed by atoms with Crippen molar-refractivity contribution in [1.29, 1.82) is 0 Å². The lowest BCUT2D eigenvalue weighted by atomic mass is 9.89. The van der Waals surface area contributed by atoms with E-state index in [0.717, 1.165) is 134 Å². The number of benzene rings is 4. The highest BCUT2D eigenvalue weighted by Gasteiger charge is 2.17. The molecule has 1 unspecified atom stereocenters. The normalized spacial score (nSPS) is 13.7. The number of aromatic nitrogens is 7. The summed E-state index contributed by atoms with van der Waals surface area (Å²) in [5.41, 5.74) is 22.3. The van der Waals surface area contributed by atoms with Crippen molar-refractivity contribution in [2.24, 2.45) is 10.7 Å². The minimum Gasteiger partial charge on any atom is -0.404 e. The molecule has 8 heterocycles. The Labute approximate surface area is 422 Å². The van der Waals surface area contributed by atoms with Gasteiger partial charge in [-0.25, -0.2) is 0 Å². The molecule has 12 rings (SSSR count). The van der Waals surface area contributed by atoms with E-state index in [1.807, 2.05) is 110 Å². The summed E-state index contributed by atoms with van der Waals surface area (Å²) in [4.78, 5) is 37.6. The summed E-state index contributed by atoms with van der Waals surface area (Å²) in [6.45, 7) is 3.77. The van der Waals surface area contributed by atoms with Crippen molar-refractivity contribution in [3.05, 3.63) is 249 Å². The molecule has 1 atom stereocenters. The van der Waals surface area contributed by atoms with Crippen LogP contribution in [0.3, 0.4) is 0 Å². The molecule has 0 amide bonds. The van der Waals surface area contributed by atoms with Crippen LogP contribution in [0, 0.1) is 0 Å². The van der Waals surface area contributed by atoms with Crippen LogP contribution in [0.1, 0.15) is 18.2 Å². The third-order valence-corrected chi connectivity index (χ3v) is 13.5. The maximum atomic E-state index is 5.92. The van der Waals surface area contributed by atoms with E-state index >= 15 is 0 Å². The average molecular weight is 940 g/mol. The van der Waals surface area contributed by atoms with Gasteiger partial charge in [-0.15, -0.1) is 0 Å². The van der Waals surface area contributed by atoms with Crippen LogP contribution in [0.2, 0.25) is 0 Å². The topological polar surface area (TPSA) is 129 Å². The van der Waals surface area contributed by atoms with Crippen LogP contribution >= 0.6 is 0 Å². The Morgan fingerprint density at radius 2 is 0.863 bits per heavy atom. The first kappa shape index (κ1) is 44.4. The Morgan fingerprint density at radius 3 is 1.21 bits per heavy atom. The highest BCUT2D eigenvalue weighted by Crippen LogP contribution is 2.41. The Kier molecular flexibility index (Phi) is 11.8. The van der Waals surface area contributed by atoms with Gasteiger partial charge in [0.15, 0.2) is 0 Å². The van der Waals surface area contributed by atoms with Crippen molar-refractivity contribution in [1.82, 2.24) is 34.9 Å². The molecule has 0 saturated carbocycles. The second-order valence-corrected chi connectivity index (χ2v) is 17.9. The minimum atomic E-state index is -0.0736. The van der Waals surface area contributed by atoms with Gasteiger partial charge in [0.05, 0.1) is 34.5 Å². The number of rotatable bonds is 11. The van der Waals surface area contributed by atoms with Crippen molar-refractivity contribution in [3.63, 3.8) is 0 Å². The maximum Gasteiger partial charge on any atom is 0.0954 e. The van der Waals surface area contributed by atoms with Gasteiger partial charge in [0.1, 0.15) is 0 Å². The number of hydrogen-bond donors (Lipinski definition) is 1. The summed E-state index contributed by atoms with van der Waals surface area (Å²) < 4.78 is 0. The van der Waals surface area contributed by atoms with Crippen LogP contribution in [0.4, 0.5) is 0 Å². The van der Waals surface area contributed by atoms with Gasteiger partial charge in [-0.1, -0.05) is 110 Å². The zero-order valence-electron chi connectivity index (χ0n) is 39.6. The number of nitrogens with two attached hydrogens (primary N) is 1. The van der Waals surface area contributed by atoms with E-state index in [0.29, 0.717) is 0 Å². The third-order valence-electron chi connectivity index (χ3n) is 13.5. The van der Waals surface area contributed by atoms with E-state index < -0.39 is 0 Å². The first-order chi connectivity index (χ1) is 36.1. The molecule has 0 aliphatic carbocycles. The Balaban J connectivity index is 0.892. The summed E-state index contributed by atoms with van der Waals surface area (Å²) >= 11 is 0. The fourth-order valence-electron chi connectivity index (χ4n) is 9.58. The molecule has 1 aliphatic heterocycles. The molecule has 0 saturated heterocycles. The molecule has 0 radical (unpaired) electrons. The van der Waals surface area contributed by atoms with Gasteiger partial charge in [0, 0.05) is 107 Å². The van der Waals surface area contributed by atoms with E-state index in [9.17, 15) is 0 Å². The number of pyridine rings is 7. The summed E-state index contributed by atoms with van der Waals surface area (Å²) in [5, 5.41) is 6.94. The predicted molar refractivity (Wildman–Crippen MR) is 297 cm³/mol. The SMILES string of the molecule is C=C/C=C\C(=C/N)C1=CCC(c2ccc(-c3ccc4c5cc(-c6ccc(-c7ccc(-c8cccnc8)cn7)nc6)ccc5c5cc(-c6ccc(-c7ccc(-c8cccnc8)cn7)nc6)ccc5c4c3)cn2)N=C1. The first-order valence-electron chi connectivity index (χ1n) is 24.1. The molecule has 0 bridgehead atoms. The quantitative estimate of drug-likeness (QED) is 0.100. The van der Waals surface area contributed by atoms with Crippen LogP contribution in [-0.4, -0.2) is 41.1 Å². The lowest BCUT2D eigenvalue weighted by Crippen LogP contribution is -2.05. The van der Waals surface area contributed by atoms with Crippen LogP contribution in [0.5, 0.6) is 0 Å². The molecule has 9 heteroatoms. The van der Waals surface area contributed by atoms with E-state index in [1.165, 1.54) is 0 Å². The van der Waals surface area contributed by atoms with Crippen molar-refractivity contribution in [2.45, 2.75) is 12.5 Å². The number of dihydropyridines is 1. The molecular formula is C64H45N9.